The summed E-state index contributed by atoms with van der Waals surface area (Å²) in [6.45, 7) is 9.01. The third kappa shape index (κ3) is 5.27. The van der Waals surface area contributed by atoms with Gasteiger partial charge in [0.25, 0.3) is 0 Å². The van der Waals surface area contributed by atoms with Crippen LogP contribution in [0.4, 0.5) is 0 Å². The number of aromatic nitrogens is 3. The lowest BCUT2D eigenvalue weighted by atomic mass is 10.2. The summed E-state index contributed by atoms with van der Waals surface area (Å²) in [6, 6.07) is 5.79. The molecule has 144 valence electrons. The maximum atomic E-state index is 12.7. The van der Waals surface area contributed by atoms with Crippen LogP contribution in [0.1, 0.15) is 41.4 Å². The lowest BCUT2D eigenvalue weighted by Crippen LogP contribution is -2.07. The van der Waals surface area contributed by atoms with Crippen molar-refractivity contribution in [2.45, 2.75) is 42.9 Å². The lowest BCUT2D eigenvalue weighted by molar-refractivity contribution is 0.102. The first-order valence-electron chi connectivity index (χ1n) is 8.75. The Labute approximate surface area is 171 Å². The Morgan fingerprint density at radius 1 is 1.26 bits per heavy atom. The monoisotopic (exact) mass is 421 g/mol. The van der Waals surface area contributed by atoms with Crippen LogP contribution in [0.2, 0.25) is 0 Å². The van der Waals surface area contributed by atoms with Crippen LogP contribution in [0.25, 0.3) is 0 Å². The molecule has 0 N–H and O–H groups in total. The zero-order valence-electron chi connectivity index (χ0n) is 15.9. The van der Waals surface area contributed by atoms with E-state index in [0.717, 1.165) is 37.1 Å². The van der Waals surface area contributed by atoms with Crippen molar-refractivity contribution in [3.63, 3.8) is 0 Å². The van der Waals surface area contributed by atoms with Crippen molar-refractivity contribution in [2.75, 3.05) is 11.5 Å². The zero-order valence-corrected chi connectivity index (χ0v) is 18.3. The van der Waals surface area contributed by atoms with Gasteiger partial charge in [-0.2, -0.15) is 0 Å². The van der Waals surface area contributed by atoms with Gasteiger partial charge in [-0.1, -0.05) is 48.7 Å². The molecule has 5 nitrogen and oxygen atoms in total. The molecule has 0 bridgehead atoms. The molecule has 0 saturated heterocycles. The van der Waals surface area contributed by atoms with E-state index in [4.69, 9.17) is 4.42 Å². The van der Waals surface area contributed by atoms with Crippen molar-refractivity contribution in [2.24, 2.45) is 5.92 Å². The van der Waals surface area contributed by atoms with Gasteiger partial charge in [0.2, 0.25) is 0 Å². The molecule has 0 atom stereocenters. The van der Waals surface area contributed by atoms with Crippen LogP contribution in [-0.4, -0.2) is 32.1 Å². The number of hydrogen-bond donors (Lipinski definition) is 0. The van der Waals surface area contributed by atoms with E-state index in [2.05, 4.69) is 28.6 Å². The number of aryl methyl sites for hydroxylation is 1. The van der Waals surface area contributed by atoms with Crippen molar-refractivity contribution in [3.8, 4) is 0 Å². The van der Waals surface area contributed by atoms with Gasteiger partial charge in [-0.05, 0) is 38.0 Å². The number of carbonyl (C=O) groups is 1. The van der Waals surface area contributed by atoms with Gasteiger partial charge in [0.15, 0.2) is 14.5 Å². The van der Waals surface area contributed by atoms with Crippen molar-refractivity contribution in [1.82, 2.24) is 14.8 Å². The molecule has 0 aliphatic carbocycles. The van der Waals surface area contributed by atoms with Crippen molar-refractivity contribution < 1.29 is 9.21 Å². The molecule has 8 heteroatoms. The van der Waals surface area contributed by atoms with Crippen LogP contribution in [0.15, 0.2) is 37.6 Å². The molecule has 0 aromatic carbocycles. The third-order valence-electron chi connectivity index (χ3n) is 4.02. The summed E-state index contributed by atoms with van der Waals surface area (Å²) in [5.41, 5.74) is 2.80. The summed E-state index contributed by atoms with van der Waals surface area (Å²) in [7, 11) is 0. The molecule has 0 aliphatic heterocycles. The number of rotatable bonds is 9. The van der Waals surface area contributed by atoms with Gasteiger partial charge in [0.1, 0.15) is 5.76 Å². The first-order valence-corrected chi connectivity index (χ1v) is 11.5. The number of thioether (sulfide) groups is 2. The van der Waals surface area contributed by atoms with Gasteiger partial charge in [0, 0.05) is 22.7 Å². The zero-order chi connectivity index (χ0) is 19.4. The second kappa shape index (κ2) is 9.12. The first-order chi connectivity index (χ1) is 12.9. The molecule has 3 rings (SSSR count). The highest BCUT2D eigenvalue weighted by Crippen LogP contribution is 2.30. The van der Waals surface area contributed by atoms with Gasteiger partial charge in [-0.25, -0.2) is 0 Å². The average Bonchev–Trinajstić information content (AvgIpc) is 3.35. The van der Waals surface area contributed by atoms with Gasteiger partial charge in [-0.15, -0.1) is 10.2 Å². The molecule has 3 aromatic heterocycles. The summed E-state index contributed by atoms with van der Waals surface area (Å²) < 4.78 is 9.36. The molecule has 0 spiro atoms. The SMILES string of the molecule is Cc1cc(C(=O)CSc2nnc(SCC(C)C)s2)c(C)n1Cc1ccco1. The summed E-state index contributed by atoms with van der Waals surface area (Å²) in [4.78, 5) is 12.7. The number of carbonyl (C=O) groups excluding carboxylic acids is 1. The van der Waals surface area contributed by atoms with Gasteiger partial charge < -0.3 is 8.98 Å². The van der Waals surface area contributed by atoms with E-state index in [1.165, 1.54) is 11.8 Å². The Morgan fingerprint density at radius 3 is 2.67 bits per heavy atom. The molecule has 0 radical (unpaired) electrons. The predicted molar refractivity (Wildman–Crippen MR) is 112 cm³/mol. The van der Waals surface area contributed by atoms with Crippen LogP contribution in [0.3, 0.4) is 0 Å². The molecule has 0 aliphatic rings. The van der Waals surface area contributed by atoms with E-state index in [-0.39, 0.29) is 5.78 Å². The van der Waals surface area contributed by atoms with E-state index < -0.39 is 0 Å². The summed E-state index contributed by atoms with van der Waals surface area (Å²) in [5.74, 6) is 3.01. The number of Topliss-reactive ketones (excluding diaryl/α,β-unsaturated/α-hetero) is 1. The second-order valence-corrected chi connectivity index (χ2v) is 10.2. The number of hydrogen-bond acceptors (Lipinski definition) is 7. The maximum Gasteiger partial charge on any atom is 0.175 e. The van der Waals surface area contributed by atoms with E-state index in [9.17, 15) is 4.79 Å². The number of ketones is 1. The molecule has 3 aromatic rings. The van der Waals surface area contributed by atoms with E-state index in [1.807, 2.05) is 32.0 Å². The number of nitrogens with zero attached hydrogens (tertiary/aromatic N) is 3. The smallest absolute Gasteiger partial charge is 0.175 e. The lowest BCUT2D eigenvalue weighted by Gasteiger charge is -2.07. The van der Waals surface area contributed by atoms with Crippen molar-refractivity contribution >= 4 is 40.6 Å². The Hall–Kier alpha value is -1.51. The highest BCUT2D eigenvalue weighted by atomic mass is 32.2. The van der Waals surface area contributed by atoms with E-state index in [0.29, 0.717) is 18.2 Å². The minimum absolute atomic E-state index is 0.116. The summed E-state index contributed by atoms with van der Waals surface area (Å²) >= 11 is 4.75. The standard InChI is InChI=1S/C19H23N3O2S3/c1-12(2)10-25-18-20-21-19(27-18)26-11-17(23)16-8-13(3)22(14(16)4)9-15-6-5-7-24-15/h5-8,12H,9-11H2,1-4H3. The third-order valence-corrected chi connectivity index (χ3v) is 7.64. The fraction of sp³-hybridized carbons (Fsp3) is 0.421. The fourth-order valence-electron chi connectivity index (χ4n) is 2.64. The van der Waals surface area contributed by atoms with Crippen molar-refractivity contribution in [3.05, 3.63) is 47.2 Å². The molecule has 0 fully saturated rings. The summed E-state index contributed by atoms with van der Waals surface area (Å²) in [5, 5.41) is 8.40. The van der Waals surface area contributed by atoms with E-state index in [1.54, 1.807) is 29.4 Å². The Kier molecular flexibility index (Phi) is 6.83. The summed E-state index contributed by atoms with van der Waals surface area (Å²) in [6.07, 6.45) is 1.67. The Bertz CT molecular complexity index is 898. The van der Waals surface area contributed by atoms with Crippen LogP contribution < -0.4 is 0 Å². The molecular weight excluding hydrogens is 398 g/mol. The average molecular weight is 422 g/mol. The Balaban J connectivity index is 1.61. The van der Waals surface area contributed by atoms with Crippen LogP contribution in [0, 0.1) is 19.8 Å². The first kappa shape index (κ1) is 20.2. The largest absolute Gasteiger partial charge is 0.467 e. The molecule has 0 amide bonds. The highest BCUT2D eigenvalue weighted by Gasteiger charge is 2.17. The quantitative estimate of drug-likeness (QED) is 0.344. The van der Waals surface area contributed by atoms with Gasteiger partial charge in [0.05, 0.1) is 18.6 Å². The highest BCUT2D eigenvalue weighted by molar-refractivity contribution is 8.03. The Morgan fingerprint density at radius 2 is 2.00 bits per heavy atom. The van der Waals surface area contributed by atoms with Crippen LogP contribution in [-0.2, 0) is 6.54 Å². The van der Waals surface area contributed by atoms with Gasteiger partial charge >= 0.3 is 0 Å². The second-order valence-electron chi connectivity index (χ2n) is 6.70. The molecular formula is C19H23N3O2S3. The minimum Gasteiger partial charge on any atom is -0.467 e. The predicted octanol–water partition coefficient (Wildman–Crippen LogP) is 5.32. The molecule has 3 heterocycles. The van der Waals surface area contributed by atoms with Crippen LogP contribution in [0.5, 0.6) is 0 Å². The normalized spacial score (nSPS) is 11.4. The van der Waals surface area contributed by atoms with Crippen LogP contribution >= 0.6 is 34.9 Å². The maximum absolute atomic E-state index is 12.7. The number of furan rings is 1. The minimum atomic E-state index is 0.116. The van der Waals surface area contributed by atoms with Gasteiger partial charge in [-0.3, -0.25) is 4.79 Å². The topological polar surface area (TPSA) is 60.9 Å². The molecule has 0 saturated carbocycles. The van der Waals surface area contributed by atoms with Crippen molar-refractivity contribution in [1.29, 1.82) is 0 Å². The van der Waals surface area contributed by atoms with E-state index >= 15 is 0 Å². The molecule has 0 unspecified atom stereocenters. The fourth-order valence-corrected chi connectivity index (χ4v) is 5.52. The molecule has 27 heavy (non-hydrogen) atoms.